The van der Waals surface area contributed by atoms with Crippen LogP contribution in [0.1, 0.15) is 37.0 Å². The van der Waals surface area contributed by atoms with Crippen LogP contribution in [0.4, 0.5) is 17.6 Å². The molecule has 0 aromatic heterocycles. The molecular formula is C22H22F4O3. The second kappa shape index (κ2) is 9.22. The van der Waals surface area contributed by atoms with Crippen molar-refractivity contribution in [1.82, 2.24) is 0 Å². The predicted octanol–water partition coefficient (Wildman–Crippen LogP) is 5.38. The van der Waals surface area contributed by atoms with Crippen LogP contribution in [-0.4, -0.2) is 16.7 Å². The molecule has 0 amide bonds. The number of hydrogen-bond acceptors (Lipinski definition) is 3. The Bertz CT molecular complexity index is 860. The third kappa shape index (κ3) is 6.71. The molecule has 2 rings (SSSR count). The van der Waals surface area contributed by atoms with Crippen LogP contribution in [0, 0.1) is 11.7 Å². The van der Waals surface area contributed by atoms with Gasteiger partial charge in [-0.2, -0.15) is 13.2 Å². The molecule has 0 bridgehead atoms. The monoisotopic (exact) mass is 410 g/mol. The summed E-state index contributed by atoms with van der Waals surface area (Å²) < 4.78 is 57.2. The maximum Gasteiger partial charge on any atom is 0.416 e. The highest BCUT2D eigenvalue weighted by molar-refractivity contribution is 5.71. The van der Waals surface area contributed by atoms with Crippen molar-refractivity contribution in [3.8, 4) is 0 Å². The predicted molar refractivity (Wildman–Crippen MR) is 101 cm³/mol. The molecule has 0 fully saturated rings. The Balaban J connectivity index is 2.13. The van der Waals surface area contributed by atoms with Crippen molar-refractivity contribution in [2.45, 2.75) is 38.7 Å². The quantitative estimate of drug-likeness (QED) is 0.493. The van der Waals surface area contributed by atoms with Crippen LogP contribution in [0.2, 0.25) is 0 Å². The van der Waals surface area contributed by atoms with Gasteiger partial charge in [-0.3, -0.25) is 4.79 Å². The normalized spacial score (nSPS) is 14.2. The Morgan fingerprint density at radius 1 is 1.14 bits per heavy atom. The van der Waals surface area contributed by atoms with E-state index in [1.54, 1.807) is 38.1 Å². The molecule has 1 atom stereocenters. The number of carbonyl (C=O) groups is 1. The first kappa shape index (κ1) is 22.6. The standard InChI is InChI=1S/C22H22F4O3/c1-15(2)21(28,13-20(27)29-14-16-6-4-3-5-7-16)9-8-17-10-18(22(24,25)26)12-19(23)11-17/h3-12,15,28H,13-14H2,1-2H3/b9-8+. The third-order valence-corrected chi connectivity index (χ3v) is 4.48. The molecule has 7 heteroatoms. The van der Waals surface area contributed by atoms with Crippen LogP contribution in [0.25, 0.3) is 6.08 Å². The summed E-state index contributed by atoms with van der Waals surface area (Å²) in [5, 5.41) is 10.8. The topological polar surface area (TPSA) is 46.5 Å². The van der Waals surface area contributed by atoms with E-state index < -0.39 is 41.5 Å². The Kier molecular flexibility index (Phi) is 7.19. The van der Waals surface area contributed by atoms with Crippen LogP contribution in [-0.2, 0) is 22.3 Å². The van der Waals surface area contributed by atoms with E-state index in [0.29, 0.717) is 6.07 Å². The van der Waals surface area contributed by atoms with Crippen molar-refractivity contribution in [3.63, 3.8) is 0 Å². The molecule has 0 radical (unpaired) electrons. The molecule has 0 saturated heterocycles. The summed E-state index contributed by atoms with van der Waals surface area (Å²) in [6, 6.07) is 11.1. The van der Waals surface area contributed by atoms with E-state index in [1.165, 1.54) is 12.2 Å². The van der Waals surface area contributed by atoms with Gasteiger partial charge in [0.25, 0.3) is 0 Å². The Labute approximate surface area is 166 Å². The largest absolute Gasteiger partial charge is 0.461 e. The van der Waals surface area contributed by atoms with Crippen molar-refractivity contribution >= 4 is 12.0 Å². The molecule has 3 nitrogen and oxygen atoms in total. The van der Waals surface area contributed by atoms with Crippen molar-refractivity contribution in [2.24, 2.45) is 5.92 Å². The molecular weight excluding hydrogens is 388 g/mol. The van der Waals surface area contributed by atoms with E-state index in [0.717, 1.165) is 17.7 Å². The smallest absolute Gasteiger partial charge is 0.416 e. The van der Waals surface area contributed by atoms with Crippen molar-refractivity contribution in [3.05, 3.63) is 77.1 Å². The second-order valence-corrected chi connectivity index (χ2v) is 7.07. The zero-order valence-corrected chi connectivity index (χ0v) is 16.0. The number of alkyl halides is 3. The van der Waals surface area contributed by atoms with Gasteiger partial charge in [-0.1, -0.05) is 56.3 Å². The molecule has 1 unspecified atom stereocenters. The Hall–Kier alpha value is -2.67. The van der Waals surface area contributed by atoms with E-state index in [9.17, 15) is 27.5 Å². The number of hydrogen-bond donors (Lipinski definition) is 1. The summed E-state index contributed by atoms with van der Waals surface area (Å²) in [6.07, 6.45) is -2.71. The molecule has 0 saturated carbocycles. The first-order valence-corrected chi connectivity index (χ1v) is 8.98. The van der Waals surface area contributed by atoms with Gasteiger partial charge >= 0.3 is 12.1 Å². The molecule has 0 aliphatic heterocycles. The van der Waals surface area contributed by atoms with Gasteiger partial charge < -0.3 is 9.84 Å². The highest BCUT2D eigenvalue weighted by atomic mass is 19.4. The minimum atomic E-state index is -4.69. The van der Waals surface area contributed by atoms with Gasteiger partial charge in [-0.05, 0) is 35.2 Å². The summed E-state index contributed by atoms with van der Waals surface area (Å²) in [5.74, 6) is -2.15. The molecule has 156 valence electrons. The van der Waals surface area contributed by atoms with Crippen LogP contribution >= 0.6 is 0 Å². The average molecular weight is 410 g/mol. The molecule has 0 spiro atoms. The van der Waals surface area contributed by atoms with Gasteiger partial charge in [0.1, 0.15) is 12.4 Å². The van der Waals surface area contributed by atoms with Gasteiger partial charge in [0.15, 0.2) is 0 Å². The fourth-order valence-corrected chi connectivity index (χ4v) is 2.59. The van der Waals surface area contributed by atoms with Crippen molar-refractivity contribution in [1.29, 1.82) is 0 Å². The van der Waals surface area contributed by atoms with Gasteiger partial charge in [-0.15, -0.1) is 0 Å². The first-order chi connectivity index (χ1) is 13.5. The summed E-state index contributed by atoms with van der Waals surface area (Å²) in [5.41, 5.74) is -2.09. The SMILES string of the molecule is CC(C)C(O)(/C=C/c1cc(F)cc(C(F)(F)F)c1)CC(=O)OCc1ccccc1. The van der Waals surface area contributed by atoms with Crippen LogP contribution in [0.3, 0.4) is 0 Å². The summed E-state index contributed by atoms with van der Waals surface area (Å²) in [7, 11) is 0. The van der Waals surface area contributed by atoms with Gasteiger partial charge in [0.05, 0.1) is 17.6 Å². The third-order valence-electron chi connectivity index (χ3n) is 4.48. The summed E-state index contributed by atoms with van der Waals surface area (Å²) in [4.78, 5) is 12.2. The minimum absolute atomic E-state index is 0.0381. The van der Waals surface area contributed by atoms with E-state index in [-0.39, 0.29) is 12.2 Å². The molecule has 2 aromatic carbocycles. The fourth-order valence-electron chi connectivity index (χ4n) is 2.59. The average Bonchev–Trinajstić information content (AvgIpc) is 2.64. The van der Waals surface area contributed by atoms with E-state index in [4.69, 9.17) is 4.74 Å². The maximum absolute atomic E-state index is 13.5. The number of aliphatic hydroxyl groups is 1. The van der Waals surface area contributed by atoms with Gasteiger partial charge in [-0.25, -0.2) is 4.39 Å². The lowest BCUT2D eigenvalue weighted by Gasteiger charge is -2.28. The second-order valence-electron chi connectivity index (χ2n) is 7.07. The lowest BCUT2D eigenvalue weighted by atomic mass is 9.86. The molecule has 0 heterocycles. The highest BCUT2D eigenvalue weighted by Gasteiger charge is 2.33. The van der Waals surface area contributed by atoms with Gasteiger partial charge in [0.2, 0.25) is 0 Å². The van der Waals surface area contributed by atoms with Crippen LogP contribution in [0.15, 0.2) is 54.6 Å². The number of esters is 1. The summed E-state index contributed by atoms with van der Waals surface area (Å²) >= 11 is 0. The number of carbonyl (C=O) groups excluding carboxylic acids is 1. The van der Waals surface area contributed by atoms with Crippen LogP contribution in [0.5, 0.6) is 0 Å². The van der Waals surface area contributed by atoms with E-state index in [1.807, 2.05) is 6.07 Å². The minimum Gasteiger partial charge on any atom is -0.461 e. The zero-order valence-electron chi connectivity index (χ0n) is 16.0. The molecule has 0 aliphatic rings. The molecule has 2 aromatic rings. The van der Waals surface area contributed by atoms with Crippen LogP contribution < -0.4 is 0 Å². The molecule has 29 heavy (non-hydrogen) atoms. The summed E-state index contributed by atoms with van der Waals surface area (Å²) in [6.45, 7) is 3.35. The van der Waals surface area contributed by atoms with Gasteiger partial charge in [0, 0.05) is 0 Å². The number of halogens is 4. The number of benzene rings is 2. The lowest BCUT2D eigenvalue weighted by molar-refractivity contribution is -0.150. The molecule has 1 N–H and O–H groups in total. The van der Waals surface area contributed by atoms with Crippen molar-refractivity contribution < 1.29 is 32.2 Å². The Morgan fingerprint density at radius 2 is 1.79 bits per heavy atom. The highest BCUT2D eigenvalue weighted by Crippen LogP contribution is 2.31. The first-order valence-electron chi connectivity index (χ1n) is 8.98. The molecule has 0 aliphatic carbocycles. The zero-order chi connectivity index (χ0) is 21.7. The van der Waals surface area contributed by atoms with E-state index >= 15 is 0 Å². The lowest BCUT2D eigenvalue weighted by Crippen LogP contribution is -2.35. The fraction of sp³-hybridized carbons (Fsp3) is 0.318. The maximum atomic E-state index is 13.5. The van der Waals surface area contributed by atoms with E-state index in [2.05, 4.69) is 0 Å². The Morgan fingerprint density at radius 3 is 2.38 bits per heavy atom. The van der Waals surface area contributed by atoms with Crippen molar-refractivity contribution in [2.75, 3.05) is 0 Å². The number of ether oxygens (including phenoxy) is 1. The number of rotatable bonds is 7.